The summed E-state index contributed by atoms with van der Waals surface area (Å²) < 4.78 is 25.8. The Bertz CT molecular complexity index is 1090. The zero-order valence-corrected chi connectivity index (χ0v) is 19.9. The molecule has 0 heterocycles. The molecule has 0 saturated heterocycles. The lowest BCUT2D eigenvalue weighted by Gasteiger charge is -2.20. The molecule has 0 aliphatic carbocycles. The number of ketones is 1. The van der Waals surface area contributed by atoms with E-state index in [9.17, 15) is 23.6 Å². The third-order valence-corrected chi connectivity index (χ3v) is 6.99. The van der Waals surface area contributed by atoms with Crippen LogP contribution in [-0.2, 0) is 26.7 Å². The van der Waals surface area contributed by atoms with Gasteiger partial charge in [0.25, 0.3) is 0 Å². The van der Waals surface area contributed by atoms with Gasteiger partial charge in [-0.15, -0.1) is 0 Å². The fraction of sp³-hybridized carbons (Fsp3) is 0.440. The number of nitrogens with zero attached hydrogens (tertiary/aromatic N) is 1. The fourth-order valence-corrected chi connectivity index (χ4v) is 4.92. The Kier molecular flexibility index (Phi) is 7.46. The van der Waals surface area contributed by atoms with E-state index in [1.807, 2.05) is 27.7 Å². The van der Waals surface area contributed by atoms with Gasteiger partial charge in [-0.2, -0.15) is 5.26 Å². The van der Waals surface area contributed by atoms with Gasteiger partial charge in [-0.3, -0.25) is 4.79 Å². The minimum atomic E-state index is -3.85. The maximum atomic E-state index is 12.9. The summed E-state index contributed by atoms with van der Waals surface area (Å²) in [5, 5.41) is 19.5. The molecule has 0 aromatic heterocycles. The van der Waals surface area contributed by atoms with E-state index in [0.29, 0.717) is 11.1 Å². The molecule has 0 bridgehead atoms. The molecule has 0 aliphatic heterocycles. The molecule has 6 heteroatoms. The molecular weight excluding hydrogens is 410 g/mol. The first-order chi connectivity index (χ1) is 14.3. The molecule has 2 aromatic carbocycles. The van der Waals surface area contributed by atoms with Gasteiger partial charge >= 0.3 is 0 Å². The van der Waals surface area contributed by atoms with E-state index in [4.69, 9.17) is 0 Å². The number of sulfone groups is 1. The predicted octanol–water partition coefficient (Wildman–Crippen LogP) is 4.62. The molecule has 5 nitrogen and oxygen atoms in total. The molecular formula is C25H31NO4S. The van der Waals surface area contributed by atoms with Crippen LogP contribution in [0.15, 0.2) is 41.3 Å². The zero-order chi connectivity index (χ0) is 23.6. The summed E-state index contributed by atoms with van der Waals surface area (Å²) in [6, 6.07) is 11.8. The van der Waals surface area contributed by atoms with E-state index >= 15 is 0 Å². The van der Waals surface area contributed by atoms with Gasteiger partial charge in [0.05, 0.1) is 22.1 Å². The summed E-state index contributed by atoms with van der Waals surface area (Å²) in [5.74, 6) is -0.832. The second-order valence-electron chi connectivity index (χ2n) is 9.12. The van der Waals surface area contributed by atoms with Crippen LogP contribution in [0.4, 0.5) is 0 Å². The normalized spacial score (nSPS) is 12.3. The van der Waals surface area contributed by atoms with Crippen molar-refractivity contribution in [2.45, 2.75) is 70.3 Å². The van der Waals surface area contributed by atoms with Crippen molar-refractivity contribution in [3.63, 3.8) is 0 Å². The van der Waals surface area contributed by atoms with Crippen LogP contribution >= 0.6 is 0 Å². The summed E-state index contributed by atoms with van der Waals surface area (Å²) >= 11 is 0. The molecule has 2 aromatic rings. The number of hydrogen-bond donors (Lipinski definition) is 1. The van der Waals surface area contributed by atoms with Crippen LogP contribution in [0.5, 0.6) is 0 Å². The summed E-state index contributed by atoms with van der Waals surface area (Å²) in [7, 11) is -3.85. The lowest BCUT2D eigenvalue weighted by Crippen LogP contribution is -2.21. The van der Waals surface area contributed by atoms with Crippen molar-refractivity contribution in [2.75, 3.05) is 5.75 Å². The van der Waals surface area contributed by atoms with Crippen molar-refractivity contribution >= 4 is 15.6 Å². The maximum Gasteiger partial charge on any atom is 0.185 e. The Morgan fingerprint density at radius 3 is 2.06 bits per heavy atom. The molecule has 31 heavy (non-hydrogen) atoms. The van der Waals surface area contributed by atoms with Crippen LogP contribution in [0.25, 0.3) is 0 Å². The third-order valence-electron chi connectivity index (χ3n) is 5.32. The summed E-state index contributed by atoms with van der Waals surface area (Å²) in [6.45, 7) is 11.1. The third kappa shape index (κ3) is 6.03. The number of carbonyl (C=O) groups excluding carboxylic acids is 1. The van der Waals surface area contributed by atoms with Gasteiger partial charge in [0.1, 0.15) is 5.75 Å². The Labute approximate surface area is 185 Å². The molecule has 1 N–H and O–H groups in total. The standard InChI is InChI=1S/C25H31NO4S/c1-16(2)22-10-18(14-26)11-23(17(3)4)24(22)13-20(27)15-31(29,30)21-9-7-8-19(12-21)25(5,6)28/h7-12,16-17,28H,13,15H2,1-6H3. The highest BCUT2D eigenvalue weighted by atomic mass is 32.2. The van der Waals surface area contributed by atoms with Gasteiger partial charge in [-0.25, -0.2) is 8.42 Å². The van der Waals surface area contributed by atoms with Crippen molar-refractivity contribution in [2.24, 2.45) is 0 Å². The Hall–Kier alpha value is -2.49. The molecule has 0 radical (unpaired) electrons. The van der Waals surface area contributed by atoms with Crippen LogP contribution in [0, 0.1) is 11.3 Å². The molecule has 0 saturated carbocycles. The maximum absolute atomic E-state index is 12.9. The number of hydrogen-bond acceptors (Lipinski definition) is 5. The zero-order valence-electron chi connectivity index (χ0n) is 19.1. The molecule has 0 amide bonds. The lowest BCUT2D eigenvalue weighted by atomic mass is 9.85. The van der Waals surface area contributed by atoms with Gasteiger partial charge in [0.15, 0.2) is 15.6 Å². The fourth-order valence-electron chi connectivity index (χ4n) is 3.63. The number of aliphatic hydroxyl groups is 1. The highest BCUT2D eigenvalue weighted by molar-refractivity contribution is 7.92. The minimum absolute atomic E-state index is 0.00283. The van der Waals surface area contributed by atoms with E-state index in [0.717, 1.165) is 16.7 Å². The van der Waals surface area contributed by atoms with Gasteiger partial charge in [-0.05, 0) is 72.2 Å². The predicted molar refractivity (Wildman–Crippen MR) is 122 cm³/mol. The molecule has 0 unspecified atom stereocenters. The minimum Gasteiger partial charge on any atom is -0.386 e. The number of carbonyl (C=O) groups is 1. The van der Waals surface area contributed by atoms with Gasteiger partial charge in [0, 0.05) is 6.42 Å². The van der Waals surface area contributed by atoms with Gasteiger partial charge in [-0.1, -0.05) is 39.8 Å². The highest BCUT2D eigenvalue weighted by Crippen LogP contribution is 2.30. The van der Waals surface area contributed by atoms with Crippen LogP contribution < -0.4 is 0 Å². The number of nitriles is 1. The van der Waals surface area contributed by atoms with Crippen molar-refractivity contribution in [3.05, 3.63) is 64.2 Å². The Morgan fingerprint density at radius 2 is 1.61 bits per heavy atom. The number of rotatable bonds is 8. The van der Waals surface area contributed by atoms with Crippen LogP contribution in [-0.4, -0.2) is 25.1 Å². The molecule has 0 spiro atoms. The van der Waals surface area contributed by atoms with Crippen molar-refractivity contribution in [1.82, 2.24) is 0 Å². The summed E-state index contributed by atoms with van der Waals surface area (Å²) in [5.41, 5.74) is 2.44. The average molecular weight is 442 g/mol. The molecule has 0 atom stereocenters. The van der Waals surface area contributed by atoms with Crippen molar-refractivity contribution in [1.29, 1.82) is 5.26 Å². The first-order valence-corrected chi connectivity index (χ1v) is 12.1. The van der Waals surface area contributed by atoms with Crippen LogP contribution in [0.2, 0.25) is 0 Å². The largest absolute Gasteiger partial charge is 0.386 e. The molecule has 166 valence electrons. The van der Waals surface area contributed by atoms with Crippen molar-refractivity contribution in [3.8, 4) is 6.07 Å². The van der Waals surface area contributed by atoms with E-state index in [2.05, 4.69) is 6.07 Å². The quantitative estimate of drug-likeness (QED) is 0.645. The lowest BCUT2D eigenvalue weighted by molar-refractivity contribution is -0.116. The van der Waals surface area contributed by atoms with Gasteiger partial charge in [0.2, 0.25) is 0 Å². The average Bonchev–Trinajstić information content (AvgIpc) is 2.66. The van der Waals surface area contributed by atoms with Crippen LogP contribution in [0.3, 0.4) is 0 Å². The molecule has 2 rings (SSSR count). The van der Waals surface area contributed by atoms with E-state index in [-0.39, 0.29) is 23.2 Å². The number of benzene rings is 2. The van der Waals surface area contributed by atoms with E-state index < -0.39 is 27.0 Å². The SMILES string of the molecule is CC(C)c1cc(C#N)cc(C(C)C)c1CC(=O)CS(=O)(=O)c1cccc(C(C)(C)O)c1. The topological polar surface area (TPSA) is 95.2 Å². The summed E-state index contributed by atoms with van der Waals surface area (Å²) in [6.07, 6.45) is -0.00283. The molecule has 0 fully saturated rings. The second kappa shape index (κ2) is 9.33. The van der Waals surface area contributed by atoms with E-state index in [1.165, 1.54) is 12.1 Å². The Balaban J connectivity index is 2.39. The first-order valence-electron chi connectivity index (χ1n) is 10.4. The van der Waals surface area contributed by atoms with Gasteiger partial charge < -0.3 is 5.11 Å². The summed E-state index contributed by atoms with van der Waals surface area (Å²) in [4.78, 5) is 12.9. The van der Waals surface area contributed by atoms with E-state index in [1.54, 1.807) is 38.1 Å². The highest BCUT2D eigenvalue weighted by Gasteiger charge is 2.25. The molecule has 0 aliphatic rings. The van der Waals surface area contributed by atoms with Crippen LogP contribution in [0.1, 0.15) is 81.2 Å². The number of Topliss-reactive ketones (excluding diaryl/α,β-unsaturated/α-hetero) is 1. The second-order valence-corrected chi connectivity index (χ2v) is 11.1. The smallest absolute Gasteiger partial charge is 0.185 e. The monoisotopic (exact) mass is 441 g/mol. The Morgan fingerprint density at radius 1 is 1.06 bits per heavy atom. The first kappa shape index (κ1) is 24.8. The van der Waals surface area contributed by atoms with Crippen molar-refractivity contribution < 1.29 is 18.3 Å².